The molecule has 1 atom stereocenters. The molecule has 1 aliphatic heterocycles. The predicted octanol–water partition coefficient (Wildman–Crippen LogP) is 2.77. The van der Waals surface area contributed by atoms with Gasteiger partial charge in [0.2, 0.25) is 0 Å². The number of carbonyl (C=O) groups excluding carboxylic acids is 1. The van der Waals surface area contributed by atoms with Crippen molar-refractivity contribution in [1.82, 2.24) is 4.90 Å². The minimum atomic E-state index is -0.189. The van der Waals surface area contributed by atoms with Crippen LogP contribution in [0.1, 0.15) is 31.2 Å². The molecule has 110 valence electrons. The van der Waals surface area contributed by atoms with Crippen LogP contribution in [0.15, 0.2) is 30.3 Å². The van der Waals surface area contributed by atoms with Gasteiger partial charge in [0.1, 0.15) is 6.61 Å². The number of nitrogens with zero attached hydrogens (tertiary/aromatic N) is 1. The van der Waals surface area contributed by atoms with Crippen LogP contribution in [0.4, 0.5) is 4.79 Å². The average Bonchev–Trinajstić information content (AvgIpc) is 2.52. The Balaban J connectivity index is 1.77. The fraction of sp³-hybridized carbons (Fsp3) is 0.562. The van der Waals surface area contributed by atoms with Crippen LogP contribution in [0, 0.1) is 5.92 Å². The summed E-state index contributed by atoms with van der Waals surface area (Å²) in [7, 11) is 0. The molecule has 1 aromatic rings. The van der Waals surface area contributed by atoms with E-state index in [2.05, 4.69) is 0 Å². The van der Waals surface area contributed by atoms with Gasteiger partial charge < -0.3 is 15.4 Å². The molecule has 0 aromatic heterocycles. The first-order valence-electron chi connectivity index (χ1n) is 7.45. The monoisotopic (exact) mass is 276 g/mol. The average molecular weight is 276 g/mol. The smallest absolute Gasteiger partial charge is 0.410 e. The molecule has 4 nitrogen and oxygen atoms in total. The Morgan fingerprint density at radius 1 is 1.35 bits per heavy atom. The van der Waals surface area contributed by atoms with Crippen molar-refractivity contribution < 1.29 is 9.53 Å². The first-order chi connectivity index (χ1) is 9.79. The third-order valence-corrected chi connectivity index (χ3v) is 3.80. The van der Waals surface area contributed by atoms with E-state index in [4.69, 9.17) is 10.5 Å². The Bertz CT molecular complexity index is 408. The molecule has 1 heterocycles. The van der Waals surface area contributed by atoms with Crippen molar-refractivity contribution in [3.05, 3.63) is 35.9 Å². The third kappa shape index (κ3) is 4.53. The SMILES string of the molecule is NCCC[C@@H]1CCCN(C(=O)OCc2ccccc2)C1. The lowest BCUT2D eigenvalue weighted by Gasteiger charge is -2.32. The highest BCUT2D eigenvalue weighted by atomic mass is 16.6. The number of carbonyl (C=O) groups is 1. The fourth-order valence-electron chi connectivity index (χ4n) is 2.68. The van der Waals surface area contributed by atoms with Gasteiger partial charge in [0, 0.05) is 13.1 Å². The number of amides is 1. The second-order valence-electron chi connectivity index (χ2n) is 5.43. The number of hydrogen-bond donors (Lipinski definition) is 1. The van der Waals surface area contributed by atoms with E-state index in [1.807, 2.05) is 35.2 Å². The van der Waals surface area contributed by atoms with Gasteiger partial charge in [0.15, 0.2) is 0 Å². The summed E-state index contributed by atoms with van der Waals surface area (Å²) in [5.74, 6) is 0.580. The maximum Gasteiger partial charge on any atom is 0.410 e. The number of hydrogen-bond acceptors (Lipinski definition) is 3. The highest BCUT2D eigenvalue weighted by molar-refractivity contribution is 5.67. The van der Waals surface area contributed by atoms with E-state index < -0.39 is 0 Å². The standard InChI is InChI=1S/C16H24N2O2/c17-10-4-8-14-9-5-11-18(12-14)16(19)20-13-15-6-2-1-3-7-15/h1-3,6-7,14H,4-5,8-13,17H2/t14-/m1/s1. The van der Waals surface area contributed by atoms with Crippen LogP contribution in [0.25, 0.3) is 0 Å². The van der Waals surface area contributed by atoms with E-state index >= 15 is 0 Å². The van der Waals surface area contributed by atoms with Gasteiger partial charge in [-0.3, -0.25) is 0 Å². The van der Waals surface area contributed by atoms with Crippen molar-refractivity contribution >= 4 is 6.09 Å². The number of likely N-dealkylation sites (tertiary alicyclic amines) is 1. The molecule has 0 radical (unpaired) electrons. The zero-order chi connectivity index (χ0) is 14.2. The van der Waals surface area contributed by atoms with Crippen LogP contribution in [0.5, 0.6) is 0 Å². The van der Waals surface area contributed by atoms with Crippen molar-refractivity contribution in [1.29, 1.82) is 0 Å². The van der Waals surface area contributed by atoms with E-state index in [0.29, 0.717) is 12.5 Å². The predicted molar refractivity (Wildman–Crippen MR) is 79.2 cm³/mol. The molecule has 1 fully saturated rings. The maximum absolute atomic E-state index is 12.1. The summed E-state index contributed by atoms with van der Waals surface area (Å²) in [6, 6.07) is 9.79. The molecule has 20 heavy (non-hydrogen) atoms. The lowest BCUT2D eigenvalue weighted by atomic mass is 9.94. The van der Waals surface area contributed by atoms with Crippen molar-refractivity contribution in [2.45, 2.75) is 32.3 Å². The van der Waals surface area contributed by atoms with Gasteiger partial charge in [-0.2, -0.15) is 0 Å². The van der Waals surface area contributed by atoms with Crippen LogP contribution < -0.4 is 5.73 Å². The molecule has 0 spiro atoms. The minimum absolute atomic E-state index is 0.189. The summed E-state index contributed by atoms with van der Waals surface area (Å²) >= 11 is 0. The molecule has 1 amide bonds. The summed E-state index contributed by atoms with van der Waals surface area (Å²) in [6.45, 7) is 2.71. The fourth-order valence-corrected chi connectivity index (χ4v) is 2.68. The number of benzene rings is 1. The summed E-state index contributed by atoms with van der Waals surface area (Å²) in [5, 5.41) is 0. The lowest BCUT2D eigenvalue weighted by molar-refractivity contribution is 0.0778. The topological polar surface area (TPSA) is 55.6 Å². The van der Waals surface area contributed by atoms with Gasteiger partial charge in [-0.1, -0.05) is 30.3 Å². The van der Waals surface area contributed by atoms with E-state index in [-0.39, 0.29) is 6.09 Å². The zero-order valence-electron chi connectivity index (χ0n) is 12.0. The van der Waals surface area contributed by atoms with Gasteiger partial charge in [-0.05, 0) is 43.7 Å². The van der Waals surface area contributed by atoms with Crippen molar-refractivity contribution in [2.75, 3.05) is 19.6 Å². The highest BCUT2D eigenvalue weighted by Crippen LogP contribution is 2.21. The number of ether oxygens (including phenoxy) is 1. The van der Waals surface area contributed by atoms with Crippen molar-refractivity contribution in [3.8, 4) is 0 Å². The summed E-state index contributed by atoms with van der Waals surface area (Å²) in [6.07, 6.45) is 4.22. The molecule has 1 saturated heterocycles. The number of piperidine rings is 1. The quantitative estimate of drug-likeness (QED) is 0.899. The first kappa shape index (κ1) is 14.9. The zero-order valence-corrected chi connectivity index (χ0v) is 12.0. The molecule has 2 rings (SSSR count). The van der Waals surface area contributed by atoms with E-state index in [9.17, 15) is 4.79 Å². The van der Waals surface area contributed by atoms with Crippen molar-refractivity contribution in [2.24, 2.45) is 11.7 Å². The molecule has 0 bridgehead atoms. The van der Waals surface area contributed by atoms with Gasteiger partial charge in [-0.15, -0.1) is 0 Å². The molecule has 4 heteroatoms. The molecular formula is C16H24N2O2. The highest BCUT2D eigenvalue weighted by Gasteiger charge is 2.24. The molecule has 1 aliphatic rings. The first-order valence-corrected chi connectivity index (χ1v) is 7.45. The normalized spacial score (nSPS) is 18.9. The van der Waals surface area contributed by atoms with Gasteiger partial charge in [0.25, 0.3) is 0 Å². The van der Waals surface area contributed by atoms with Gasteiger partial charge >= 0.3 is 6.09 Å². The van der Waals surface area contributed by atoms with Crippen LogP contribution >= 0.6 is 0 Å². The molecular weight excluding hydrogens is 252 g/mol. The van der Waals surface area contributed by atoms with Gasteiger partial charge in [-0.25, -0.2) is 4.79 Å². The van der Waals surface area contributed by atoms with E-state index in [0.717, 1.165) is 44.5 Å². The van der Waals surface area contributed by atoms with E-state index in [1.165, 1.54) is 6.42 Å². The summed E-state index contributed by atoms with van der Waals surface area (Å²) in [4.78, 5) is 13.9. The molecule has 1 aromatic carbocycles. The third-order valence-electron chi connectivity index (χ3n) is 3.80. The number of nitrogens with two attached hydrogens (primary N) is 1. The number of rotatable bonds is 5. The van der Waals surface area contributed by atoms with Crippen molar-refractivity contribution in [3.63, 3.8) is 0 Å². The molecule has 2 N–H and O–H groups in total. The molecule has 0 unspecified atom stereocenters. The Morgan fingerprint density at radius 3 is 2.90 bits per heavy atom. The largest absolute Gasteiger partial charge is 0.445 e. The second kappa shape index (κ2) is 7.90. The maximum atomic E-state index is 12.1. The van der Waals surface area contributed by atoms with E-state index in [1.54, 1.807) is 0 Å². The van der Waals surface area contributed by atoms with Crippen LogP contribution in [-0.2, 0) is 11.3 Å². The minimum Gasteiger partial charge on any atom is -0.445 e. The van der Waals surface area contributed by atoms with Crippen LogP contribution in [0.2, 0.25) is 0 Å². The Kier molecular flexibility index (Phi) is 5.87. The van der Waals surface area contributed by atoms with Gasteiger partial charge in [0.05, 0.1) is 0 Å². The Labute approximate surface area is 120 Å². The molecule has 0 aliphatic carbocycles. The lowest BCUT2D eigenvalue weighted by Crippen LogP contribution is -2.40. The van der Waals surface area contributed by atoms with Crippen LogP contribution in [-0.4, -0.2) is 30.6 Å². The Morgan fingerprint density at radius 2 is 2.15 bits per heavy atom. The summed E-state index contributed by atoms with van der Waals surface area (Å²) in [5.41, 5.74) is 6.57. The Hall–Kier alpha value is -1.55. The molecule has 0 saturated carbocycles. The summed E-state index contributed by atoms with van der Waals surface area (Å²) < 4.78 is 5.38. The second-order valence-corrected chi connectivity index (χ2v) is 5.43. The van der Waals surface area contributed by atoms with Crippen LogP contribution in [0.3, 0.4) is 0 Å².